The van der Waals surface area contributed by atoms with Gasteiger partial charge in [0.05, 0.1) is 23.7 Å². The minimum absolute atomic E-state index is 0.0858. The van der Waals surface area contributed by atoms with E-state index in [2.05, 4.69) is 4.98 Å². The molecule has 3 aromatic rings. The minimum Gasteiger partial charge on any atom is -0.343 e. The molecule has 0 atom stereocenters. The van der Waals surface area contributed by atoms with Crippen LogP contribution in [0.15, 0.2) is 55.0 Å². The van der Waals surface area contributed by atoms with Crippen LogP contribution in [0.4, 0.5) is 26.3 Å². The number of carbonyl (C=O) groups is 1. The maximum absolute atomic E-state index is 13.1. The molecule has 0 spiro atoms. The van der Waals surface area contributed by atoms with Crippen LogP contribution in [0, 0.1) is 0 Å². The highest BCUT2D eigenvalue weighted by molar-refractivity contribution is 5.92. The Kier molecular flexibility index (Phi) is 5.36. The van der Waals surface area contributed by atoms with E-state index >= 15 is 0 Å². The van der Waals surface area contributed by atoms with E-state index < -0.39 is 23.5 Å². The van der Waals surface area contributed by atoms with Gasteiger partial charge in [-0.2, -0.15) is 26.3 Å². The van der Waals surface area contributed by atoms with Gasteiger partial charge in [0, 0.05) is 19.8 Å². The summed E-state index contributed by atoms with van der Waals surface area (Å²) >= 11 is 0. The molecule has 0 saturated carbocycles. The Morgan fingerprint density at radius 3 is 1.87 bits per heavy atom. The summed E-state index contributed by atoms with van der Waals surface area (Å²) in [5.41, 5.74) is -2.10. The van der Waals surface area contributed by atoms with Crippen molar-refractivity contribution in [2.75, 3.05) is 14.1 Å². The van der Waals surface area contributed by atoms with Crippen LogP contribution in [0.2, 0.25) is 0 Å². The van der Waals surface area contributed by atoms with E-state index in [0.717, 1.165) is 0 Å². The molecular weight excluding hydrogens is 412 g/mol. The molecule has 0 aliphatic heterocycles. The first-order valence-corrected chi connectivity index (χ1v) is 8.52. The average molecular weight is 427 g/mol. The molecule has 1 aromatic heterocycles. The monoisotopic (exact) mass is 427 g/mol. The van der Waals surface area contributed by atoms with Gasteiger partial charge in [-0.1, -0.05) is 12.1 Å². The van der Waals surface area contributed by atoms with Gasteiger partial charge in [-0.15, -0.1) is 0 Å². The molecule has 3 rings (SSSR count). The lowest BCUT2D eigenvalue weighted by atomic mass is 9.99. The van der Waals surface area contributed by atoms with Crippen LogP contribution < -0.4 is 0 Å². The third kappa shape index (κ3) is 4.32. The number of benzene rings is 2. The summed E-state index contributed by atoms with van der Waals surface area (Å²) in [6.07, 6.45) is -7.10. The highest BCUT2D eigenvalue weighted by Gasteiger charge is 2.37. The van der Waals surface area contributed by atoms with Crippen LogP contribution in [-0.4, -0.2) is 34.5 Å². The molecule has 30 heavy (non-hydrogen) atoms. The SMILES string of the molecule is CN(C)C(=O)c1cncn1-c1ccc(-c2cc(C(F)(F)F)cc(C(F)(F)F)c2)cc1. The Labute approximate surface area is 167 Å². The highest BCUT2D eigenvalue weighted by atomic mass is 19.4. The Morgan fingerprint density at radius 2 is 1.40 bits per heavy atom. The summed E-state index contributed by atoms with van der Waals surface area (Å²) in [4.78, 5) is 17.5. The summed E-state index contributed by atoms with van der Waals surface area (Å²) in [5.74, 6) is -0.315. The van der Waals surface area contributed by atoms with E-state index in [0.29, 0.717) is 17.8 Å². The van der Waals surface area contributed by atoms with Gasteiger partial charge in [0.25, 0.3) is 5.91 Å². The van der Waals surface area contributed by atoms with Crippen molar-refractivity contribution in [1.82, 2.24) is 14.5 Å². The van der Waals surface area contributed by atoms with Gasteiger partial charge in [-0.05, 0) is 41.5 Å². The summed E-state index contributed by atoms with van der Waals surface area (Å²) in [7, 11) is 3.13. The Hall–Kier alpha value is -3.30. The maximum Gasteiger partial charge on any atom is 0.416 e. The maximum atomic E-state index is 13.1. The van der Waals surface area contributed by atoms with Gasteiger partial charge in [0.2, 0.25) is 0 Å². The number of carbonyl (C=O) groups excluding carboxylic acids is 1. The Bertz CT molecular complexity index is 1030. The van der Waals surface area contributed by atoms with Crippen molar-refractivity contribution in [2.45, 2.75) is 12.4 Å². The van der Waals surface area contributed by atoms with E-state index in [1.807, 2.05) is 0 Å². The molecule has 0 aliphatic rings. The standard InChI is InChI=1S/C20H15F6N3O/c1-28(2)18(30)17-10-27-11-29(17)16-5-3-12(4-6-16)13-7-14(19(21,22)23)9-15(8-13)20(24,25)26/h3-11H,1-2H3. The summed E-state index contributed by atoms with van der Waals surface area (Å²) < 4.78 is 79.9. The van der Waals surface area contributed by atoms with Crippen LogP contribution in [0.5, 0.6) is 0 Å². The van der Waals surface area contributed by atoms with Gasteiger partial charge < -0.3 is 4.90 Å². The van der Waals surface area contributed by atoms with Crippen molar-refractivity contribution in [2.24, 2.45) is 0 Å². The van der Waals surface area contributed by atoms with Crippen LogP contribution in [0.1, 0.15) is 21.6 Å². The van der Waals surface area contributed by atoms with Crippen molar-refractivity contribution < 1.29 is 31.1 Å². The van der Waals surface area contributed by atoms with Crippen molar-refractivity contribution in [3.8, 4) is 16.8 Å². The summed E-state index contributed by atoms with van der Waals surface area (Å²) in [6, 6.07) is 7.16. The molecule has 0 unspecified atom stereocenters. The number of rotatable bonds is 3. The lowest BCUT2D eigenvalue weighted by molar-refractivity contribution is -0.143. The van der Waals surface area contributed by atoms with Crippen LogP contribution >= 0.6 is 0 Å². The zero-order chi connectivity index (χ0) is 22.3. The van der Waals surface area contributed by atoms with Crippen molar-refractivity contribution in [1.29, 1.82) is 0 Å². The third-order valence-electron chi connectivity index (χ3n) is 4.33. The normalized spacial score (nSPS) is 12.1. The number of nitrogens with zero attached hydrogens (tertiary/aromatic N) is 3. The van der Waals surface area contributed by atoms with Crippen LogP contribution in [0.25, 0.3) is 16.8 Å². The smallest absolute Gasteiger partial charge is 0.343 e. The van der Waals surface area contributed by atoms with Gasteiger partial charge in [-0.3, -0.25) is 9.36 Å². The Balaban J connectivity index is 2.04. The predicted molar refractivity (Wildman–Crippen MR) is 97.0 cm³/mol. The van der Waals surface area contributed by atoms with E-state index in [-0.39, 0.29) is 28.8 Å². The minimum atomic E-state index is -4.92. The molecule has 0 bridgehead atoms. The summed E-state index contributed by atoms with van der Waals surface area (Å²) in [5, 5.41) is 0. The first-order valence-electron chi connectivity index (χ1n) is 8.52. The van der Waals surface area contributed by atoms with Crippen LogP contribution in [-0.2, 0) is 12.4 Å². The second-order valence-corrected chi connectivity index (χ2v) is 6.69. The fourth-order valence-corrected chi connectivity index (χ4v) is 2.82. The van der Waals surface area contributed by atoms with Gasteiger partial charge in [0.15, 0.2) is 0 Å². The van der Waals surface area contributed by atoms with Crippen LogP contribution in [0.3, 0.4) is 0 Å². The number of aromatic nitrogens is 2. The van der Waals surface area contributed by atoms with E-state index in [4.69, 9.17) is 0 Å². The molecule has 1 heterocycles. The fraction of sp³-hybridized carbons (Fsp3) is 0.200. The second-order valence-electron chi connectivity index (χ2n) is 6.69. The quantitative estimate of drug-likeness (QED) is 0.534. The lowest BCUT2D eigenvalue weighted by Gasteiger charge is -2.15. The average Bonchev–Trinajstić information content (AvgIpc) is 3.15. The Morgan fingerprint density at radius 1 is 0.867 bits per heavy atom. The molecule has 10 heteroatoms. The zero-order valence-corrected chi connectivity index (χ0v) is 15.7. The number of alkyl halides is 6. The third-order valence-corrected chi connectivity index (χ3v) is 4.33. The first-order chi connectivity index (χ1) is 13.9. The van der Waals surface area contributed by atoms with Gasteiger partial charge in [-0.25, -0.2) is 4.98 Å². The number of halogens is 6. The fourth-order valence-electron chi connectivity index (χ4n) is 2.82. The molecule has 4 nitrogen and oxygen atoms in total. The lowest BCUT2D eigenvalue weighted by Crippen LogP contribution is -2.24. The molecule has 0 aliphatic carbocycles. The molecule has 0 saturated heterocycles. The molecule has 2 aromatic carbocycles. The molecule has 1 amide bonds. The van der Waals surface area contributed by atoms with Crippen molar-refractivity contribution in [3.63, 3.8) is 0 Å². The largest absolute Gasteiger partial charge is 0.416 e. The first kappa shape index (κ1) is 21.4. The molecule has 0 radical (unpaired) electrons. The van der Waals surface area contributed by atoms with E-state index in [1.54, 1.807) is 14.1 Å². The predicted octanol–water partition coefficient (Wildman–Crippen LogP) is 5.28. The van der Waals surface area contributed by atoms with E-state index in [1.165, 1.54) is 46.3 Å². The number of imidazole rings is 1. The van der Waals surface area contributed by atoms with Gasteiger partial charge >= 0.3 is 12.4 Å². The number of amides is 1. The van der Waals surface area contributed by atoms with Crippen molar-refractivity contribution in [3.05, 3.63) is 71.8 Å². The second kappa shape index (κ2) is 7.51. The van der Waals surface area contributed by atoms with E-state index in [9.17, 15) is 31.1 Å². The topological polar surface area (TPSA) is 38.1 Å². The molecule has 158 valence electrons. The number of hydrogen-bond acceptors (Lipinski definition) is 2. The highest BCUT2D eigenvalue weighted by Crippen LogP contribution is 2.38. The molecule has 0 N–H and O–H groups in total. The molecular formula is C20H15F6N3O. The van der Waals surface area contributed by atoms with Crippen molar-refractivity contribution >= 4 is 5.91 Å². The number of hydrogen-bond donors (Lipinski definition) is 0. The zero-order valence-electron chi connectivity index (χ0n) is 15.7. The van der Waals surface area contributed by atoms with Gasteiger partial charge in [0.1, 0.15) is 5.69 Å². The molecule has 0 fully saturated rings. The summed E-state index contributed by atoms with van der Waals surface area (Å²) in [6.45, 7) is 0.